The molecule has 2 heterocycles. The molecule has 6 N–H and O–H groups in total. The molecular formula is C28H24FN7O7S3. The van der Waals surface area contributed by atoms with Crippen LogP contribution in [-0.2, 0) is 29.9 Å². The van der Waals surface area contributed by atoms with Gasteiger partial charge in [0.15, 0.2) is 15.5 Å². The zero-order valence-corrected chi connectivity index (χ0v) is 26.0. The van der Waals surface area contributed by atoms with Crippen LogP contribution in [0.2, 0.25) is 0 Å². The number of fused-ring (bicyclic) bond motifs is 2. The van der Waals surface area contributed by atoms with Crippen molar-refractivity contribution in [1.29, 1.82) is 0 Å². The first-order chi connectivity index (χ1) is 21.6. The molecule has 2 aromatic heterocycles. The average molecular weight is 686 g/mol. The number of halogens is 1. The van der Waals surface area contributed by atoms with Crippen LogP contribution in [0.1, 0.15) is 10.5 Å². The molecule has 0 aliphatic carbocycles. The number of anilines is 2. The molecule has 18 heteroatoms. The molecule has 0 fully saturated rings. The van der Waals surface area contributed by atoms with E-state index in [9.17, 15) is 34.4 Å². The average Bonchev–Trinajstić information content (AvgIpc) is 3.63. The maximum Gasteiger partial charge on any atom is 0.269 e. The van der Waals surface area contributed by atoms with E-state index in [2.05, 4.69) is 29.8 Å². The Kier molecular flexibility index (Phi) is 8.52. The fourth-order valence-corrected chi connectivity index (χ4v) is 8.07. The van der Waals surface area contributed by atoms with Gasteiger partial charge in [-0.3, -0.25) is 24.4 Å². The van der Waals surface area contributed by atoms with E-state index in [-0.39, 0.29) is 26.1 Å². The van der Waals surface area contributed by atoms with Crippen LogP contribution in [-0.4, -0.2) is 57.8 Å². The Labute approximate surface area is 261 Å². The number of hydrogen-bond acceptors (Lipinski definition) is 9. The minimum Gasteiger partial charge on any atom is -0.364 e. The third kappa shape index (κ3) is 6.98. The molecule has 1 amide bonds. The van der Waals surface area contributed by atoms with Crippen molar-refractivity contribution in [1.82, 2.24) is 20.4 Å². The summed E-state index contributed by atoms with van der Waals surface area (Å²) in [6.07, 6.45) is 2.52. The van der Waals surface area contributed by atoms with E-state index in [1.54, 1.807) is 24.4 Å². The summed E-state index contributed by atoms with van der Waals surface area (Å²) in [6.45, 7) is 0. The number of benzene rings is 4. The van der Waals surface area contributed by atoms with Gasteiger partial charge in [0.1, 0.15) is 10.7 Å². The molecule has 0 aliphatic rings. The van der Waals surface area contributed by atoms with Crippen LogP contribution >= 0.6 is 0 Å². The van der Waals surface area contributed by atoms with Gasteiger partial charge in [0.25, 0.3) is 26.0 Å². The van der Waals surface area contributed by atoms with Crippen molar-refractivity contribution >= 4 is 69.0 Å². The number of carbonyl (C=O) groups is 1. The first kappa shape index (κ1) is 32.1. The first-order valence-corrected chi connectivity index (χ1v) is 17.8. The maximum absolute atomic E-state index is 13.1. The Morgan fingerprint density at radius 3 is 2.09 bits per heavy atom. The molecule has 0 aliphatic heterocycles. The molecule has 0 atom stereocenters. The van der Waals surface area contributed by atoms with E-state index in [1.165, 1.54) is 60.7 Å². The quantitative estimate of drug-likeness (QED) is 0.158. The van der Waals surface area contributed by atoms with Crippen LogP contribution < -0.4 is 15.2 Å². The van der Waals surface area contributed by atoms with E-state index in [0.717, 1.165) is 23.2 Å². The summed E-state index contributed by atoms with van der Waals surface area (Å²) in [4.78, 5) is 10.6. The largest absolute Gasteiger partial charge is 0.364 e. The lowest BCUT2D eigenvalue weighted by molar-refractivity contribution is 0.0997. The number of amides is 1. The minimum absolute atomic E-state index is 0.0300. The molecule has 46 heavy (non-hydrogen) atoms. The molecular weight excluding hydrogens is 662 g/mol. The molecule has 0 spiro atoms. The van der Waals surface area contributed by atoms with Crippen LogP contribution in [0.4, 0.5) is 15.8 Å². The highest BCUT2D eigenvalue weighted by molar-refractivity contribution is 7.95. The van der Waals surface area contributed by atoms with E-state index in [0.29, 0.717) is 16.6 Å². The second-order valence-corrected chi connectivity index (χ2v) is 15.1. The summed E-state index contributed by atoms with van der Waals surface area (Å²) in [5.74, 6) is -1.36. The molecule has 0 bridgehead atoms. The fourth-order valence-electron chi connectivity index (χ4n) is 4.31. The number of aromatic nitrogens is 4. The summed E-state index contributed by atoms with van der Waals surface area (Å²) in [7, 11) is -11.7. The van der Waals surface area contributed by atoms with Crippen molar-refractivity contribution in [2.45, 2.75) is 14.7 Å². The van der Waals surface area contributed by atoms with Crippen LogP contribution in [0.5, 0.6) is 0 Å². The zero-order valence-electron chi connectivity index (χ0n) is 23.6. The van der Waals surface area contributed by atoms with Gasteiger partial charge < -0.3 is 5.73 Å². The number of sulfonamides is 2. The van der Waals surface area contributed by atoms with Crippen LogP contribution in [0.3, 0.4) is 0 Å². The Balaban J connectivity index is 0.000000187. The molecule has 14 nitrogen and oxygen atoms in total. The van der Waals surface area contributed by atoms with Gasteiger partial charge in [-0.15, -0.1) is 0 Å². The molecule has 0 saturated carbocycles. The van der Waals surface area contributed by atoms with Gasteiger partial charge in [0.2, 0.25) is 0 Å². The normalized spacial score (nSPS) is 12.0. The lowest BCUT2D eigenvalue weighted by atomic mass is 10.2. The van der Waals surface area contributed by atoms with Gasteiger partial charge in [-0.1, -0.05) is 18.2 Å². The summed E-state index contributed by atoms with van der Waals surface area (Å²) in [5.41, 5.74) is 7.03. The van der Waals surface area contributed by atoms with Gasteiger partial charge in [-0.05, 0) is 66.7 Å². The molecule has 4 aromatic carbocycles. The number of aromatic amines is 2. The van der Waals surface area contributed by atoms with E-state index < -0.39 is 41.6 Å². The van der Waals surface area contributed by atoms with E-state index in [4.69, 9.17) is 5.73 Å². The van der Waals surface area contributed by atoms with Gasteiger partial charge in [0, 0.05) is 28.4 Å². The minimum atomic E-state index is -4.19. The molecule has 238 valence electrons. The van der Waals surface area contributed by atoms with Gasteiger partial charge in [0.05, 0.1) is 27.0 Å². The number of carbonyl (C=O) groups excluding carboxylic acids is 1. The van der Waals surface area contributed by atoms with Gasteiger partial charge in [-0.2, -0.15) is 10.2 Å². The summed E-state index contributed by atoms with van der Waals surface area (Å²) >= 11 is 0. The molecule has 6 rings (SSSR count). The number of nitrogens with zero attached hydrogens (tertiary/aromatic N) is 2. The zero-order chi connectivity index (χ0) is 33.3. The van der Waals surface area contributed by atoms with Crippen LogP contribution in [0.15, 0.2) is 106 Å². The van der Waals surface area contributed by atoms with Gasteiger partial charge in [-0.25, -0.2) is 29.6 Å². The van der Waals surface area contributed by atoms with Crippen LogP contribution in [0.25, 0.3) is 21.8 Å². The third-order valence-electron chi connectivity index (χ3n) is 6.39. The summed E-state index contributed by atoms with van der Waals surface area (Å²) < 4.78 is 91.1. The van der Waals surface area contributed by atoms with Crippen LogP contribution in [0, 0.1) is 5.82 Å². The highest BCUT2D eigenvalue weighted by Crippen LogP contribution is 2.26. The van der Waals surface area contributed by atoms with E-state index >= 15 is 0 Å². The smallest absolute Gasteiger partial charge is 0.269 e. The second kappa shape index (κ2) is 12.2. The number of sulfone groups is 1. The van der Waals surface area contributed by atoms with Crippen molar-refractivity contribution in [2.75, 3.05) is 15.7 Å². The fraction of sp³-hybridized carbons (Fsp3) is 0.0357. The number of H-pyrrole nitrogens is 2. The summed E-state index contributed by atoms with van der Waals surface area (Å²) in [5, 5.41) is 14.1. The molecule has 0 unspecified atom stereocenters. The van der Waals surface area contributed by atoms with Crippen molar-refractivity contribution < 1.29 is 34.4 Å². The second-order valence-electron chi connectivity index (χ2n) is 9.76. The van der Waals surface area contributed by atoms with Crippen molar-refractivity contribution in [3.05, 3.63) is 103 Å². The highest BCUT2D eigenvalue weighted by Gasteiger charge is 2.24. The van der Waals surface area contributed by atoms with E-state index in [1.807, 2.05) is 0 Å². The number of rotatable bonds is 8. The summed E-state index contributed by atoms with van der Waals surface area (Å²) in [6, 6.07) is 19.5. The predicted octanol–water partition coefficient (Wildman–Crippen LogP) is 3.37. The SMILES string of the molecule is CS(=O)(=O)c1ccccc1S(=O)(=O)Nc1ccc2[nH]nc(C(N)=O)c2c1.O=S(=O)(Nc1ccc2[nH]ncc2c1)c1cccc(F)c1. The van der Waals surface area contributed by atoms with Crippen molar-refractivity contribution in [3.8, 4) is 0 Å². The number of nitrogens with one attached hydrogen (secondary N) is 4. The standard InChI is InChI=1S/C15H14N4O5S2.C13H10FN3O2S/c1-25(21,22)12-4-2-3-5-13(12)26(23,24)19-9-6-7-11-10(8-9)14(15(16)20)18-17-11;14-10-2-1-3-12(7-10)20(18,19)17-11-4-5-13-9(6-11)8-15-16-13/h2-8,19H,1H3,(H2,16,20)(H,17,18);1-8,17H,(H,15,16). The topological polar surface area (TPSA) is 227 Å². The molecule has 0 radical (unpaired) electrons. The number of primary amides is 1. The Morgan fingerprint density at radius 1 is 0.761 bits per heavy atom. The lowest BCUT2D eigenvalue weighted by Gasteiger charge is -2.11. The van der Waals surface area contributed by atoms with Crippen molar-refractivity contribution in [2.24, 2.45) is 5.73 Å². The Hall–Kier alpha value is -5.33. The first-order valence-electron chi connectivity index (χ1n) is 13.0. The number of nitrogens with two attached hydrogens (primary N) is 1. The molecule has 6 aromatic rings. The molecule has 0 saturated heterocycles. The Morgan fingerprint density at radius 2 is 1.41 bits per heavy atom. The lowest BCUT2D eigenvalue weighted by Crippen LogP contribution is -2.16. The number of hydrogen-bond donors (Lipinski definition) is 5. The van der Waals surface area contributed by atoms with Crippen molar-refractivity contribution in [3.63, 3.8) is 0 Å². The monoisotopic (exact) mass is 685 g/mol. The predicted molar refractivity (Wildman–Crippen MR) is 168 cm³/mol. The highest BCUT2D eigenvalue weighted by atomic mass is 32.2. The maximum atomic E-state index is 13.1. The van der Waals surface area contributed by atoms with Gasteiger partial charge >= 0.3 is 0 Å². The Bertz CT molecular complexity index is 2440. The third-order valence-corrected chi connectivity index (χ3v) is 10.5.